The fourth-order valence-electron chi connectivity index (χ4n) is 2.65. The van der Waals surface area contributed by atoms with E-state index in [1.807, 2.05) is 35.0 Å². The van der Waals surface area contributed by atoms with Crippen LogP contribution >= 0.6 is 0 Å². The number of aromatic nitrogens is 3. The van der Waals surface area contributed by atoms with Gasteiger partial charge in [-0.3, -0.25) is 0 Å². The maximum absolute atomic E-state index is 5.52. The summed E-state index contributed by atoms with van der Waals surface area (Å²) < 4.78 is 7.45. The molecule has 1 atom stereocenters. The molecule has 3 heterocycles. The summed E-state index contributed by atoms with van der Waals surface area (Å²) in [7, 11) is 0. The fraction of sp³-hybridized carbons (Fsp3) is 0.176. The Morgan fingerprint density at radius 1 is 1.18 bits per heavy atom. The molecule has 1 aliphatic rings. The summed E-state index contributed by atoms with van der Waals surface area (Å²) in [6.07, 6.45) is 4.60. The molecular formula is C17H16N4O. The lowest BCUT2D eigenvalue weighted by Gasteiger charge is -2.23. The number of aryl methyl sites for hydroxylation is 1. The van der Waals surface area contributed by atoms with E-state index in [1.165, 1.54) is 5.56 Å². The number of nitrogens with one attached hydrogen (secondary N) is 1. The molecule has 5 heteroatoms. The third-order valence-corrected chi connectivity index (χ3v) is 3.75. The van der Waals surface area contributed by atoms with Crippen molar-refractivity contribution in [3.05, 3.63) is 72.0 Å². The lowest BCUT2D eigenvalue weighted by molar-refractivity contribution is 0.547. The van der Waals surface area contributed by atoms with Crippen molar-refractivity contribution in [3.8, 4) is 0 Å². The van der Waals surface area contributed by atoms with E-state index in [4.69, 9.17) is 4.42 Å². The molecule has 0 aliphatic carbocycles. The largest absolute Gasteiger partial charge is 0.463 e. The van der Waals surface area contributed by atoms with Crippen molar-refractivity contribution in [3.63, 3.8) is 0 Å². The van der Waals surface area contributed by atoms with Crippen LogP contribution in [0.1, 0.15) is 30.1 Å². The Morgan fingerprint density at radius 2 is 2.05 bits per heavy atom. The first-order chi connectivity index (χ1) is 10.8. The van der Waals surface area contributed by atoms with Crippen molar-refractivity contribution in [2.75, 3.05) is 5.32 Å². The molecule has 0 bridgehead atoms. The first-order valence-electron chi connectivity index (χ1n) is 7.38. The van der Waals surface area contributed by atoms with Gasteiger partial charge in [-0.25, -0.2) is 4.68 Å². The van der Waals surface area contributed by atoms with Crippen LogP contribution in [0, 0.1) is 0 Å². The minimum absolute atomic E-state index is 0.00495. The second-order valence-corrected chi connectivity index (χ2v) is 5.19. The molecule has 0 radical (unpaired) electrons. The summed E-state index contributed by atoms with van der Waals surface area (Å²) >= 11 is 0. The van der Waals surface area contributed by atoms with Gasteiger partial charge in [-0.2, -0.15) is 10.1 Å². The topological polar surface area (TPSA) is 55.9 Å². The van der Waals surface area contributed by atoms with E-state index in [2.05, 4.69) is 40.5 Å². The van der Waals surface area contributed by atoms with Crippen LogP contribution in [0.3, 0.4) is 0 Å². The molecule has 3 aromatic rings. The normalized spacial score (nSPS) is 16.8. The zero-order valence-corrected chi connectivity index (χ0v) is 12.2. The molecule has 2 aromatic heterocycles. The van der Waals surface area contributed by atoms with Crippen LogP contribution in [-0.4, -0.2) is 14.8 Å². The Hall–Kier alpha value is -2.82. The maximum atomic E-state index is 5.52. The summed E-state index contributed by atoms with van der Waals surface area (Å²) in [6, 6.07) is 14.1. The van der Waals surface area contributed by atoms with Crippen LogP contribution in [0.2, 0.25) is 0 Å². The minimum atomic E-state index is 0.00495. The number of fused-ring (bicyclic) bond motifs is 1. The predicted molar refractivity (Wildman–Crippen MR) is 84.3 cm³/mol. The quantitative estimate of drug-likeness (QED) is 0.803. The monoisotopic (exact) mass is 292 g/mol. The van der Waals surface area contributed by atoms with Crippen molar-refractivity contribution in [1.82, 2.24) is 14.8 Å². The molecule has 0 spiro atoms. The first-order valence-corrected chi connectivity index (χ1v) is 7.38. The van der Waals surface area contributed by atoms with Crippen LogP contribution in [0.25, 0.3) is 5.70 Å². The number of furan rings is 1. The SMILES string of the molecule is CCc1nc2n(n1)[C@@H](c1ccccc1)C=C(c1ccco1)N2. The number of allylic oxidation sites excluding steroid dienone is 1. The predicted octanol–water partition coefficient (Wildman–Crippen LogP) is 3.49. The van der Waals surface area contributed by atoms with Gasteiger partial charge in [-0.1, -0.05) is 37.3 Å². The van der Waals surface area contributed by atoms with Gasteiger partial charge in [0, 0.05) is 6.42 Å². The molecule has 1 aromatic carbocycles. The third kappa shape index (κ3) is 2.11. The number of hydrogen-bond donors (Lipinski definition) is 1. The van der Waals surface area contributed by atoms with E-state index in [9.17, 15) is 0 Å². The standard InChI is InChI=1S/C17H16N4O/c1-2-16-19-17-18-13(15-9-6-10-22-15)11-14(21(17)20-16)12-7-4-3-5-8-12/h3-11,14H,2H2,1H3,(H,18,19,20)/t14-/m1/s1. The van der Waals surface area contributed by atoms with Crippen molar-refractivity contribution in [2.24, 2.45) is 0 Å². The summed E-state index contributed by atoms with van der Waals surface area (Å²) in [5.41, 5.74) is 2.09. The Bertz CT molecular complexity index is 803. The lowest BCUT2D eigenvalue weighted by Crippen LogP contribution is -2.20. The smallest absolute Gasteiger partial charge is 0.226 e. The molecular weight excluding hydrogens is 276 g/mol. The second kappa shape index (κ2) is 5.18. The molecule has 1 N–H and O–H groups in total. The number of benzene rings is 1. The molecule has 5 nitrogen and oxygen atoms in total. The summed E-state index contributed by atoms with van der Waals surface area (Å²) in [6.45, 7) is 2.06. The van der Waals surface area contributed by atoms with Crippen molar-refractivity contribution >= 4 is 11.6 Å². The van der Waals surface area contributed by atoms with Gasteiger partial charge in [0.15, 0.2) is 5.82 Å². The van der Waals surface area contributed by atoms with Gasteiger partial charge in [-0.05, 0) is 23.8 Å². The van der Waals surface area contributed by atoms with Crippen molar-refractivity contribution in [2.45, 2.75) is 19.4 Å². The minimum Gasteiger partial charge on any atom is -0.463 e. The van der Waals surface area contributed by atoms with Gasteiger partial charge in [-0.15, -0.1) is 0 Å². The van der Waals surface area contributed by atoms with Crippen LogP contribution in [0.5, 0.6) is 0 Å². The van der Waals surface area contributed by atoms with Crippen LogP contribution in [-0.2, 0) is 6.42 Å². The highest BCUT2D eigenvalue weighted by atomic mass is 16.3. The molecule has 0 saturated heterocycles. The second-order valence-electron chi connectivity index (χ2n) is 5.19. The van der Waals surface area contributed by atoms with E-state index in [1.54, 1.807) is 6.26 Å². The Morgan fingerprint density at radius 3 is 2.77 bits per heavy atom. The van der Waals surface area contributed by atoms with Crippen molar-refractivity contribution < 1.29 is 4.42 Å². The number of rotatable bonds is 3. The Labute approximate surface area is 128 Å². The van der Waals surface area contributed by atoms with E-state index in [-0.39, 0.29) is 6.04 Å². The molecule has 110 valence electrons. The van der Waals surface area contributed by atoms with Gasteiger partial charge in [0.05, 0.1) is 12.0 Å². The molecule has 0 fully saturated rings. The highest BCUT2D eigenvalue weighted by molar-refractivity contribution is 5.74. The molecule has 0 saturated carbocycles. The maximum Gasteiger partial charge on any atom is 0.226 e. The van der Waals surface area contributed by atoms with E-state index in [0.29, 0.717) is 0 Å². The van der Waals surface area contributed by atoms with E-state index < -0.39 is 0 Å². The molecule has 22 heavy (non-hydrogen) atoms. The highest BCUT2D eigenvalue weighted by Crippen LogP contribution is 2.32. The van der Waals surface area contributed by atoms with Crippen LogP contribution in [0.15, 0.2) is 59.2 Å². The zero-order chi connectivity index (χ0) is 14.9. The summed E-state index contributed by atoms with van der Waals surface area (Å²) in [5.74, 6) is 2.38. The van der Waals surface area contributed by atoms with E-state index in [0.717, 1.165) is 29.7 Å². The average Bonchev–Trinajstić information content (AvgIpc) is 3.23. The van der Waals surface area contributed by atoms with Gasteiger partial charge in [0.2, 0.25) is 5.95 Å². The molecule has 4 rings (SSSR count). The van der Waals surface area contributed by atoms with Crippen LogP contribution in [0.4, 0.5) is 5.95 Å². The Kier molecular flexibility index (Phi) is 3.04. The Balaban J connectivity index is 1.84. The number of hydrogen-bond acceptors (Lipinski definition) is 4. The molecule has 1 aliphatic heterocycles. The fourth-order valence-corrected chi connectivity index (χ4v) is 2.65. The number of nitrogens with zero attached hydrogens (tertiary/aromatic N) is 3. The van der Waals surface area contributed by atoms with Crippen molar-refractivity contribution in [1.29, 1.82) is 0 Å². The highest BCUT2D eigenvalue weighted by Gasteiger charge is 2.25. The van der Waals surface area contributed by atoms with Gasteiger partial charge < -0.3 is 9.73 Å². The van der Waals surface area contributed by atoms with Crippen LogP contribution < -0.4 is 5.32 Å². The van der Waals surface area contributed by atoms with Gasteiger partial charge in [0.1, 0.15) is 11.8 Å². The number of anilines is 1. The van der Waals surface area contributed by atoms with Gasteiger partial charge >= 0.3 is 0 Å². The summed E-state index contributed by atoms with van der Waals surface area (Å²) in [5, 5.41) is 7.92. The average molecular weight is 292 g/mol. The molecule has 0 amide bonds. The lowest BCUT2D eigenvalue weighted by atomic mass is 10.0. The van der Waals surface area contributed by atoms with E-state index >= 15 is 0 Å². The summed E-state index contributed by atoms with van der Waals surface area (Å²) in [4.78, 5) is 4.56. The third-order valence-electron chi connectivity index (χ3n) is 3.75. The first kappa shape index (κ1) is 12.9. The zero-order valence-electron chi connectivity index (χ0n) is 12.2. The molecule has 0 unspecified atom stereocenters. The van der Waals surface area contributed by atoms with Gasteiger partial charge in [0.25, 0.3) is 0 Å².